The van der Waals surface area contributed by atoms with Gasteiger partial charge in [-0.1, -0.05) is 18.2 Å². The molecule has 2 aromatic carbocycles. The Hall–Kier alpha value is -1.76. The van der Waals surface area contributed by atoms with Gasteiger partial charge < -0.3 is 0 Å². The van der Waals surface area contributed by atoms with E-state index >= 15 is 0 Å². The molecule has 3 rings (SSSR count). The highest BCUT2D eigenvalue weighted by atomic mass is 32.2. The van der Waals surface area contributed by atoms with E-state index in [1.165, 1.54) is 12.1 Å². The maximum Gasteiger partial charge on any atom is 0.243 e. The van der Waals surface area contributed by atoms with Crippen molar-refractivity contribution in [3.8, 4) is 0 Å². The molecule has 4 nitrogen and oxygen atoms in total. The third kappa shape index (κ3) is 3.82. The van der Waals surface area contributed by atoms with Crippen molar-refractivity contribution >= 4 is 10.0 Å². The molecule has 0 aliphatic carbocycles. The van der Waals surface area contributed by atoms with E-state index in [1.807, 2.05) is 19.9 Å². The number of rotatable bonds is 4. The van der Waals surface area contributed by atoms with Gasteiger partial charge in [0.05, 0.1) is 4.90 Å². The molecule has 1 heterocycles. The molecule has 1 fully saturated rings. The fourth-order valence-corrected chi connectivity index (χ4v) is 4.81. The number of hydrogen-bond acceptors (Lipinski definition) is 3. The maximum absolute atomic E-state index is 13.1. The van der Waals surface area contributed by atoms with Crippen LogP contribution in [0.4, 0.5) is 4.39 Å². The summed E-state index contributed by atoms with van der Waals surface area (Å²) in [6.45, 7) is 8.20. The third-order valence-corrected chi connectivity index (χ3v) is 7.18. The lowest BCUT2D eigenvalue weighted by molar-refractivity contribution is 0.146. The number of sulfonamides is 1. The van der Waals surface area contributed by atoms with E-state index in [-0.39, 0.29) is 11.9 Å². The molecule has 2 aromatic rings. The predicted octanol–water partition coefficient (Wildman–Crippen LogP) is 3.51. The minimum atomic E-state index is -3.46. The quantitative estimate of drug-likeness (QED) is 0.820. The van der Waals surface area contributed by atoms with E-state index in [0.29, 0.717) is 31.1 Å². The Bertz CT molecular complexity index is 873. The minimum Gasteiger partial charge on any atom is -0.294 e. The number of benzene rings is 2. The summed E-state index contributed by atoms with van der Waals surface area (Å²) in [6.07, 6.45) is 0. The normalized spacial score (nSPS) is 18.0. The van der Waals surface area contributed by atoms with Crippen LogP contribution in [0.2, 0.25) is 0 Å². The summed E-state index contributed by atoms with van der Waals surface area (Å²) in [6, 6.07) is 11.9. The molecular weight excluding hydrogens is 351 g/mol. The molecule has 0 radical (unpaired) electrons. The predicted molar refractivity (Wildman–Crippen MR) is 101 cm³/mol. The Labute approximate surface area is 155 Å². The topological polar surface area (TPSA) is 40.6 Å². The first kappa shape index (κ1) is 19.0. The van der Waals surface area contributed by atoms with Crippen LogP contribution in [0.15, 0.2) is 47.4 Å². The van der Waals surface area contributed by atoms with Gasteiger partial charge in [0.25, 0.3) is 0 Å². The molecule has 0 aromatic heterocycles. The van der Waals surface area contributed by atoms with Gasteiger partial charge >= 0.3 is 0 Å². The summed E-state index contributed by atoms with van der Waals surface area (Å²) in [5.74, 6) is -0.245. The standard InChI is InChI=1S/C20H25FN2O2S/c1-15-4-9-20(14-16(15)2)26(24,25)23-12-10-22(11-13-23)17(3)18-5-7-19(21)8-6-18/h4-9,14,17H,10-13H2,1-3H3/t17-/m0/s1. The van der Waals surface area contributed by atoms with Crippen LogP contribution >= 0.6 is 0 Å². The molecule has 0 spiro atoms. The van der Waals surface area contributed by atoms with Crippen LogP contribution in [0.1, 0.15) is 29.7 Å². The summed E-state index contributed by atoms with van der Waals surface area (Å²) in [4.78, 5) is 2.60. The Morgan fingerprint density at radius 2 is 1.54 bits per heavy atom. The first-order valence-electron chi connectivity index (χ1n) is 8.86. The van der Waals surface area contributed by atoms with Gasteiger partial charge in [0.15, 0.2) is 0 Å². The van der Waals surface area contributed by atoms with Gasteiger partial charge in [-0.15, -0.1) is 0 Å². The van der Waals surface area contributed by atoms with Crippen molar-refractivity contribution in [1.29, 1.82) is 0 Å². The number of nitrogens with zero attached hydrogens (tertiary/aromatic N) is 2. The number of halogens is 1. The second-order valence-electron chi connectivity index (χ2n) is 6.91. The molecular formula is C20H25FN2O2S. The molecule has 0 unspecified atom stereocenters. The Balaban J connectivity index is 1.69. The van der Waals surface area contributed by atoms with Crippen molar-refractivity contribution in [2.45, 2.75) is 31.7 Å². The summed E-state index contributed by atoms with van der Waals surface area (Å²) >= 11 is 0. The average molecular weight is 376 g/mol. The highest BCUT2D eigenvalue weighted by Gasteiger charge is 2.30. The number of aryl methyl sites for hydroxylation is 2. The van der Waals surface area contributed by atoms with Crippen LogP contribution in [-0.2, 0) is 10.0 Å². The molecule has 0 bridgehead atoms. The lowest BCUT2D eigenvalue weighted by atomic mass is 10.1. The maximum atomic E-state index is 13.1. The fraction of sp³-hybridized carbons (Fsp3) is 0.400. The highest BCUT2D eigenvalue weighted by Crippen LogP contribution is 2.25. The third-order valence-electron chi connectivity index (χ3n) is 5.29. The average Bonchev–Trinajstić information content (AvgIpc) is 2.64. The molecule has 26 heavy (non-hydrogen) atoms. The molecule has 6 heteroatoms. The van der Waals surface area contributed by atoms with Crippen molar-refractivity contribution < 1.29 is 12.8 Å². The Morgan fingerprint density at radius 1 is 0.923 bits per heavy atom. The zero-order valence-electron chi connectivity index (χ0n) is 15.4. The van der Waals surface area contributed by atoms with E-state index in [2.05, 4.69) is 11.8 Å². The van der Waals surface area contributed by atoms with Crippen molar-refractivity contribution in [2.24, 2.45) is 0 Å². The Kier molecular flexibility index (Phi) is 5.46. The minimum absolute atomic E-state index is 0.127. The molecule has 0 amide bonds. The summed E-state index contributed by atoms with van der Waals surface area (Å²) < 4.78 is 40.5. The van der Waals surface area contributed by atoms with Gasteiger partial charge in [0.2, 0.25) is 10.0 Å². The highest BCUT2D eigenvalue weighted by molar-refractivity contribution is 7.89. The second-order valence-corrected chi connectivity index (χ2v) is 8.85. The largest absolute Gasteiger partial charge is 0.294 e. The number of hydrogen-bond donors (Lipinski definition) is 0. The van der Waals surface area contributed by atoms with Gasteiger partial charge in [0, 0.05) is 32.2 Å². The smallest absolute Gasteiger partial charge is 0.243 e. The molecule has 140 valence electrons. The molecule has 1 saturated heterocycles. The first-order valence-corrected chi connectivity index (χ1v) is 10.3. The van der Waals surface area contributed by atoms with Crippen LogP contribution in [-0.4, -0.2) is 43.8 Å². The zero-order chi connectivity index (χ0) is 18.9. The molecule has 1 atom stereocenters. The SMILES string of the molecule is Cc1ccc(S(=O)(=O)N2CCN([C@@H](C)c3ccc(F)cc3)CC2)cc1C. The van der Waals surface area contributed by atoms with Crippen molar-refractivity contribution in [2.75, 3.05) is 26.2 Å². The van der Waals surface area contributed by atoms with E-state index in [0.717, 1.165) is 16.7 Å². The van der Waals surface area contributed by atoms with Gasteiger partial charge in [-0.25, -0.2) is 12.8 Å². The summed E-state index contributed by atoms with van der Waals surface area (Å²) in [5.41, 5.74) is 3.11. The Morgan fingerprint density at radius 3 is 2.12 bits per heavy atom. The fourth-order valence-electron chi connectivity index (χ4n) is 3.31. The van der Waals surface area contributed by atoms with E-state index in [4.69, 9.17) is 0 Å². The van der Waals surface area contributed by atoms with Gasteiger partial charge in [-0.2, -0.15) is 4.31 Å². The zero-order valence-corrected chi connectivity index (χ0v) is 16.3. The first-order chi connectivity index (χ1) is 12.3. The summed E-state index contributed by atoms with van der Waals surface area (Å²) in [5, 5.41) is 0. The monoisotopic (exact) mass is 376 g/mol. The van der Waals surface area contributed by atoms with Crippen LogP contribution < -0.4 is 0 Å². The van der Waals surface area contributed by atoms with Crippen LogP contribution in [0.25, 0.3) is 0 Å². The van der Waals surface area contributed by atoms with Gasteiger partial charge in [-0.05, 0) is 61.7 Å². The van der Waals surface area contributed by atoms with Crippen LogP contribution in [0.3, 0.4) is 0 Å². The van der Waals surface area contributed by atoms with Crippen LogP contribution in [0.5, 0.6) is 0 Å². The molecule has 0 saturated carbocycles. The van der Waals surface area contributed by atoms with Crippen LogP contribution in [0, 0.1) is 19.7 Å². The molecule has 1 aliphatic rings. The summed E-state index contributed by atoms with van der Waals surface area (Å²) in [7, 11) is -3.46. The number of piperazine rings is 1. The van der Waals surface area contributed by atoms with Crippen molar-refractivity contribution in [3.05, 3.63) is 65.0 Å². The van der Waals surface area contributed by atoms with E-state index < -0.39 is 10.0 Å². The van der Waals surface area contributed by atoms with Crippen molar-refractivity contribution in [3.63, 3.8) is 0 Å². The van der Waals surface area contributed by atoms with E-state index in [9.17, 15) is 12.8 Å². The lowest BCUT2D eigenvalue weighted by Gasteiger charge is -2.37. The molecule has 0 N–H and O–H groups in total. The van der Waals surface area contributed by atoms with E-state index in [1.54, 1.807) is 28.6 Å². The second kappa shape index (κ2) is 7.47. The van der Waals surface area contributed by atoms with Gasteiger partial charge in [0.1, 0.15) is 5.82 Å². The van der Waals surface area contributed by atoms with Gasteiger partial charge in [-0.3, -0.25) is 4.90 Å². The molecule has 1 aliphatic heterocycles. The van der Waals surface area contributed by atoms with Crippen molar-refractivity contribution in [1.82, 2.24) is 9.21 Å². The lowest BCUT2D eigenvalue weighted by Crippen LogP contribution is -2.49.